The van der Waals surface area contributed by atoms with Crippen molar-refractivity contribution in [1.29, 1.82) is 0 Å². The predicted octanol–water partition coefficient (Wildman–Crippen LogP) is 9.95. The molecular formula is C40H62O4. The largest absolute Gasteiger partial charge is 0.396 e. The maximum Gasteiger partial charge on any atom is 0.189 e. The quantitative estimate of drug-likeness (QED) is 0.248. The summed E-state index contributed by atoms with van der Waals surface area (Å²) in [5, 5.41) is 19.3. The van der Waals surface area contributed by atoms with Crippen molar-refractivity contribution in [2.75, 3.05) is 13.2 Å². The summed E-state index contributed by atoms with van der Waals surface area (Å²) in [5.41, 5.74) is 3.61. The van der Waals surface area contributed by atoms with Crippen LogP contribution in [0.5, 0.6) is 0 Å². The summed E-state index contributed by atoms with van der Waals surface area (Å²) in [6.07, 6.45) is 12.9. The van der Waals surface area contributed by atoms with E-state index < -0.39 is 0 Å². The highest BCUT2D eigenvalue weighted by atomic mass is 16.3. The van der Waals surface area contributed by atoms with Gasteiger partial charge in [-0.05, 0) is 71.6 Å². The molecule has 2 aliphatic rings. The molecule has 0 fully saturated rings. The fourth-order valence-electron chi connectivity index (χ4n) is 5.73. The van der Waals surface area contributed by atoms with Crippen LogP contribution in [-0.2, 0) is 9.59 Å². The Hall–Kier alpha value is -2.56. The summed E-state index contributed by atoms with van der Waals surface area (Å²) in [7, 11) is 0. The number of allylic oxidation sites excluding steroid dienone is 8. The van der Waals surface area contributed by atoms with Crippen molar-refractivity contribution in [1.82, 2.24) is 0 Å². The number of hydrogen-bond acceptors (Lipinski definition) is 4. The van der Waals surface area contributed by atoms with E-state index >= 15 is 0 Å². The predicted molar refractivity (Wildman–Crippen MR) is 188 cm³/mol. The Morgan fingerprint density at radius 2 is 0.909 bits per heavy atom. The molecule has 0 amide bonds. The first kappa shape index (κ1) is 39.5. The zero-order valence-electron chi connectivity index (χ0n) is 30.0. The molecule has 0 saturated heterocycles. The number of rotatable bonds is 12. The van der Waals surface area contributed by atoms with E-state index in [0.29, 0.717) is 24.0 Å². The first-order chi connectivity index (χ1) is 20.5. The van der Waals surface area contributed by atoms with Crippen LogP contribution in [0.1, 0.15) is 133 Å². The first-order valence-electron chi connectivity index (χ1n) is 16.8. The number of aliphatic hydroxyl groups excluding tert-OH is 2. The van der Waals surface area contributed by atoms with Gasteiger partial charge in [-0.2, -0.15) is 0 Å². The van der Waals surface area contributed by atoms with E-state index in [9.17, 15) is 19.8 Å². The molecule has 1 aromatic rings. The van der Waals surface area contributed by atoms with E-state index in [1.807, 2.05) is 91.8 Å². The molecule has 44 heavy (non-hydrogen) atoms. The Morgan fingerprint density at radius 3 is 1.20 bits per heavy atom. The standard InChI is InChI=1S/C36H50O4.2C2H6/c1-33(2,23-37)17-11-13-25-19-35(5,6)21-29(31(25)39)27-15-9-10-16-28(27)30-22-36(7,8)20-26(32(30)40)14-12-18-34(3,4)24-38;2*1-2/h9-10,15-16,19-22,37-38H,11-14,17-18,23-24H2,1-8H3;2*1-2H3. The molecule has 1 aromatic carbocycles. The minimum Gasteiger partial charge on any atom is -0.396 e. The van der Waals surface area contributed by atoms with Gasteiger partial charge in [0.25, 0.3) is 0 Å². The van der Waals surface area contributed by atoms with Gasteiger partial charge in [0.15, 0.2) is 11.6 Å². The normalized spacial score (nSPS) is 17.7. The Bertz CT molecular complexity index is 1150. The second-order valence-electron chi connectivity index (χ2n) is 14.7. The van der Waals surface area contributed by atoms with E-state index in [-0.39, 0.29) is 46.4 Å². The Morgan fingerprint density at radius 1 is 0.591 bits per heavy atom. The summed E-state index contributed by atoms with van der Waals surface area (Å²) < 4.78 is 0. The Labute approximate surface area is 269 Å². The van der Waals surface area contributed by atoms with Crippen LogP contribution in [-0.4, -0.2) is 35.0 Å². The molecule has 0 saturated carbocycles. The average molecular weight is 607 g/mol. The number of carbonyl (C=O) groups is 2. The van der Waals surface area contributed by atoms with E-state index in [2.05, 4.69) is 39.8 Å². The van der Waals surface area contributed by atoms with Crippen LogP contribution in [0, 0.1) is 21.7 Å². The van der Waals surface area contributed by atoms with Gasteiger partial charge in [-0.1, -0.05) is 132 Å². The molecule has 2 N–H and O–H groups in total. The van der Waals surface area contributed by atoms with Gasteiger partial charge in [0, 0.05) is 35.2 Å². The number of hydrogen-bond donors (Lipinski definition) is 2. The van der Waals surface area contributed by atoms with Crippen molar-refractivity contribution in [3.05, 3.63) is 70.8 Å². The zero-order chi connectivity index (χ0) is 33.9. The van der Waals surface area contributed by atoms with Gasteiger partial charge >= 0.3 is 0 Å². The highest BCUT2D eigenvalue weighted by molar-refractivity contribution is 6.34. The number of benzene rings is 1. The van der Waals surface area contributed by atoms with Crippen LogP contribution in [0.15, 0.2) is 59.7 Å². The molecular weight excluding hydrogens is 544 g/mol. The summed E-state index contributed by atoms with van der Waals surface area (Å²) >= 11 is 0. The number of carbonyl (C=O) groups excluding carboxylic acids is 2. The van der Waals surface area contributed by atoms with Crippen molar-refractivity contribution in [3.63, 3.8) is 0 Å². The van der Waals surface area contributed by atoms with Crippen molar-refractivity contribution in [3.8, 4) is 0 Å². The lowest BCUT2D eigenvalue weighted by Gasteiger charge is -2.30. The highest BCUT2D eigenvalue weighted by Gasteiger charge is 2.33. The Kier molecular flexibility index (Phi) is 14.9. The number of aliphatic hydroxyl groups is 2. The van der Waals surface area contributed by atoms with Crippen molar-refractivity contribution < 1.29 is 19.8 Å². The van der Waals surface area contributed by atoms with Gasteiger partial charge in [0.05, 0.1) is 0 Å². The minimum atomic E-state index is -0.299. The molecule has 246 valence electrons. The number of Topliss-reactive ketones (excluding diaryl/α,β-unsaturated/α-hetero) is 2. The second kappa shape index (κ2) is 16.7. The molecule has 4 nitrogen and oxygen atoms in total. The lowest BCUT2D eigenvalue weighted by atomic mass is 9.73. The molecule has 0 spiro atoms. The van der Waals surface area contributed by atoms with Crippen LogP contribution in [0.3, 0.4) is 0 Å². The summed E-state index contributed by atoms with van der Waals surface area (Å²) in [6, 6.07) is 7.81. The topological polar surface area (TPSA) is 74.6 Å². The van der Waals surface area contributed by atoms with Gasteiger partial charge in [-0.3, -0.25) is 9.59 Å². The highest BCUT2D eigenvalue weighted by Crippen LogP contribution is 2.42. The fourth-order valence-corrected chi connectivity index (χ4v) is 5.73. The van der Waals surface area contributed by atoms with Crippen LogP contribution < -0.4 is 0 Å². The molecule has 0 atom stereocenters. The van der Waals surface area contributed by atoms with Crippen LogP contribution in [0.2, 0.25) is 0 Å². The fraction of sp³-hybridized carbons (Fsp3) is 0.600. The van der Waals surface area contributed by atoms with E-state index in [4.69, 9.17) is 0 Å². The minimum absolute atomic E-state index is 0.0266. The molecule has 0 aromatic heterocycles. The van der Waals surface area contributed by atoms with E-state index in [1.54, 1.807) is 0 Å². The third-order valence-electron chi connectivity index (χ3n) is 8.16. The maximum atomic E-state index is 13.9. The Balaban J connectivity index is 0.00000232. The van der Waals surface area contributed by atoms with Crippen molar-refractivity contribution in [2.45, 2.75) is 122 Å². The van der Waals surface area contributed by atoms with Gasteiger partial charge < -0.3 is 10.2 Å². The SMILES string of the molecule is CC.CC.CC1(C)C=C(CCCC(C)(C)CO)C(=O)C(c2ccccc2C2=CC(C)(C)C=C(CCCC(C)(C)CO)C2=O)=C1. The van der Waals surface area contributed by atoms with Crippen molar-refractivity contribution >= 4 is 22.7 Å². The molecule has 3 rings (SSSR count). The van der Waals surface area contributed by atoms with Gasteiger partial charge in [0.1, 0.15) is 0 Å². The van der Waals surface area contributed by atoms with E-state index in [1.165, 1.54) is 0 Å². The lowest BCUT2D eigenvalue weighted by Crippen LogP contribution is -2.22. The van der Waals surface area contributed by atoms with Gasteiger partial charge in [-0.25, -0.2) is 0 Å². The average Bonchev–Trinajstić information content (AvgIpc) is 2.98. The molecule has 0 heterocycles. The van der Waals surface area contributed by atoms with Crippen LogP contribution in [0.4, 0.5) is 0 Å². The molecule has 2 aliphatic carbocycles. The molecule has 0 aliphatic heterocycles. The van der Waals surface area contributed by atoms with Gasteiger partial charge in [-0.15, -0.1) is 0 Å². The molecule has 0 unspecified atom stereocenters. The smallest absolute Gasteiger partial charge is 0.189 e. The number of ketones is 2. The third-order valence-corrected chi connectivity index (χ3v) is 8.16. The third kappa shape index (κ3) is 11.1. The van der Waals surface area contributed by atoms with Crippen LogP contribution in [0.25, 0.3) is 11.1 Å². The molecule has 0 radical (unpaired) electrons. The maximum absolute atomic E-state index is 13.9. The second-order valence-corrected chi connectivity index (χ2v) is 14.7. The molecule has 0 bridgehead atoms. The summed E-state index contributed by atoms with van der Waals surface area (Å²) in [4.78, 5) is 27.8. The summed E-state index contributed by atoms with van der Waals surface area (Å²) in [6.45, 7) is 24.9. The summed E-state index contributed by atoms with van der Waals surface area (Å²) in [5.74, 6) is 0.0531. The first-order valence-corrected chi connectivity index (χ1v) is 16.8. The van der Waals surface area contributed by atoms with Gasteiger partial charge in [0.2, 0.25) is 0 Å². The molecule has 4 heteroatoms. The lowest BCUT2D eigenvalue weighted by molar-refractivity contribution is -0.111. The van der Waals surface area contributed by atoms with E-state index in [0.717, 1.165) is 48.0 Å². The van der Waals surface area contributed by atoms with Crippen molar-refractivity contribution in [2.24, 2.45) is 21.7 Å². The zero-order valence-corrected chi connectivity index (χ0v) is 30.0. The monoisotopic (exact) mass is 606 g/mol. The van der Waals surface area contributed by atoms with Crippen LogP contribution >= 0.6 is 0 Å².